The zero-order chi connectivity index (χ0) is 13.9. The van der Waals surface area contributed by atoms with Crippen LogP contribution in [-0.2, 0) is 11.2 Å². The Kier molecular flexibility index (Phi) is 4.32. The van der Waals surface area contributed by atoms with E-state index in [1.165, 1.54) is 24.2 Å². The minimum Gasteiger partial charge on any atom is -0.310 e. The van der Waals surface area contributed by atoms with Crippen molar-refractivity contribution in [2.45, 2.75) is 38.3 Å². The number of benzene rings is 1. The maximum absolute atomic E-state index is 12.6. The van der Waals surface area contributed by atoms with Gasteiger partial charge in [-0.15, -0.1) is 0 Å². The standard InChI is InChI=1S/C16H22N2OS/c1-12(17-14-6-4-10-20-11-14)16(19)18-9-8-13-5-2-3-7-15(13)18/h2-3,5,7,12,14,17H,4,6,8-11H2,1H3/t12-,14-/m1/s1. The van der Waals surface area contributed by atoms with Crippen LogP contribution in [0.25, 0.3) is 0 Å². The Bertz CT molecular complexity index is 485. The molecule has 4 heteroatoms. The van der Waals surface area contributed by atoms with E-state index in [-0.39, 0.29) is 11.9 Å². The molecule has 0 radical (unpaired) electrons. The average Bonchev–Trinajstić information content (AvgIpc) is 2.91. The molecule has 1 aromatic carbocycles. The van der Waals surface area contributed by atoms with Crippen molar-refractivity contribution in [2.24, 2.45) is 0 Å². The summed E-state index contributed by atoms with van der Waals surface area (Å²) in [4.78, 5) is 14.6. The molecule has 3 nitrogen and oxygen atoms in total. The number of anilines is 1. The fourth-order valence-corrected chi connectivity index (χ4v) is 4.18. The van der Waals surface area contributed by atoms with Crippen LogP contribution in [0.3, 0.4) is 0 Å². The van der Waals surface area contributed by atoms with Crippen LogP contribution in [0, 0.1) is 0 Å². The minimum atomic E-state index is -0.0927. The normalized spacial score (nSPS) is 23.4. The van der Waals surface area contributed by atoms with Gasteiger partial charge in [0, 0.05) is 24.0 Å². The van der Waals surface area contributed by atoms with Gasteiger partial charge in [-0.1, -0.05) is 18.2 Å². The van der Waals surface area contributed by atoms with E-state index in [1.54, 1.807) is 0 Å². The molecule has 1 saturated heterocycles. The third kappa shape index (κ3) is 2.86. The van der Waals surface area contributed by atoms with Gasteiger partial charge in [0.1, 0.15) is 0 Å². The highest BCUT2D eigenvalue weighted by atomic mass is 32.2. The number of carbonyl (C=O) groups excluding carboxylic acids is 1. The first-order valence-electron chi connectivity index (χ1n) is 7.49. The van der Waals surface area contributed by atoms with Crippen molar-refractivity contribution in [1.29, 1.82) is 0 Å². The summed E-state index contributed by atoms with van der Waals surface area (Å²) < 4.78 is 0. The highest BCUT2D eigenvalue weighted by Crippen LogP contribution is 2.28. The maximum atomic E-state index is 12.6. The van der Waals surface area contributed by atoms with E-state index in [9.17, 15) is 4.79 Å². The molecule has 2 aliphatic rings. The third-order valence-electron chi connectivity index (χ3n) is 4.17. The van der Waals surface area contributed by atoms with E-state index in [0.717, 1.165) is 24.4 Å². The Morgan fingerprint density at radius 2 is 2.30 bits per heavy atom. The summed E-state index contributed by atoms with van der Waals surface area (Å²) in [6.07, 6.45) is 3.44. The van der Waals surface area contributed by atoms with E-state index >= 15 is 0 Å². The molecule has 1 aromatic rings. The molecule has 0 aliphatic carbocycles. The van der Waals surface area contributed by atoms with Crippen LogP contribution < -0.4 is 10.2 Å². The lowest BCUT2D eigenvalue weighted by atomic mass is 10.1. The molecular weight excluding hydrogens is 268 g/mol. The Labute approximate surface area is 125 Å². The molecule has 0 saturated carbocycles. The Morgan fingerprint density at radius 1 is 1.45 bits per heavy atom. The molecular formula is C16H22N2OS. The molecule has 0 bridgehead atoms. The van der Waals surface area contributed by atoms with Crippen LogP contribution in [0.1, 0.15) is 25.3 Å². The molecule has 1 amide bonds. The second-order valence-corrected chi connectivity index (χ2v) is 6.82. The van der Waals surface area contributed by atoms with Gasteiger partial charge in [0.2, 0.25) is 5.91 Å². The number of para-hydroxylation sites is 1. The van der Waals surface area contributed by atoms with Crippen LogP contribution in [0.15, 0.2) is 24.3 Å². The molecule has 0 aromatic heterocycles. The fourth-order valence-electron chi connectivity index (χ4n) is 3.10. The van der Waals surface area contributed by atoms with Crippen molar-refractivity contribution < 1.29 is 4.79 Å². The molecule has 2 aliphatic heterocycles. The first-order chi connectivity index (χ1) is 9.75. The quantitative estimate of drug-likeness (QED) is 0.928. The second kappa shape index (κ2) is 6.19. The van der Waals surface area contributed by atoms with Gasteiger partial charge in [-0.25, -0.2) is 0 Å². The zero-order valence-corrected chi connectivity index (χ0v) is 12.8. The second-order valence-electron chi connectivity index (χ2n) is 5.67. The lowest BCUT2D eigenvalue weighted by Gasteiger charge is -2.28. The fraction of sp³-hybridized carbons (Fsp3) is 0.562. The lowest BCUT2D eigenvalue weighted by Crippen LogP contribution is -2.49. The van der Waals surface area contributed by atoms with Crippen molar-refractivity contribution in [3.63, 3.8) is 0 Å². The summed E-state index contributed by atoms with van der Waals surface area (Å²) >= 11 is 1.99. The largest absolute Gasteiger partial charge is 0.310 e. The smallest absolute Gasteiger partial charge is 0.243 e. The first kappa shape index (κ1) is 14.0. The molecule has 1 fully saturated rings. The Morgan fingerprint density at radius 3 is 3.10 bits per heavy atom. The Balaban J connectivity index is 1.64. The number of hydrogen-bond acceptors (Lipinski definition) is 3. The summed E-state index contributed by atoms with van der Waals surface area (Å²) in [5.74, 6) is 2.61. The highest BCUT2D eigenvalue weighted by molar-refractivity contribution is 7.99. The SMILES string of the molecule is C[C@@H](N[C@@H]1CCCSC1)C(=O)N1CCc2ccccc21. The lowest BCUT2D eigenvalue weighted by molar-refractivity contribution is -0.120. The monoisotopic (exact) mass is 290 g/mol. The number of fused-ring (bicyclic) bond motifs is 1. The topological polar surface area (TPSA) is 32.3 Å². The molecule has 108 valence electrons. The van der Waals surface area contributed by atoms with Crippen LogP contribution >= 0.6 is 11.8 Å². The molecule has 20 heavy (non-hydrogen) atoms. The molecule has 1 N–H and O–H groups in total. The molecule has 0 spiro atoms. The number of amides is 1. The molecule has 2 atom stereocenters. The summed E-state index contributed by atoms with van der Waals surface area (Å²) in [7, 11) is 0. The zero-order valence-electron chi connectivity index (χ0n) is 12.0. The van der Waals surface area contributed by atoms with Gasteiger partial charge in [-0.3, -0.25) is 4.79 Å². The van der Waals surface area contributed by atoms with Gasteiger partial charge in [0.15, 0.2) is 0 Å². The van der Waals surface area contributed by atoms with E-state index < -0.39 is 0 Å². The molecule has 0 unspecified atom stereocenters. The first-order valence-corrected chi connectivity index (χ1v) is 8.64. The van der Waals surface area contributed by atoms with E-state index in [2.05, 4.69) is 17.4 Å². The summed E-state index contributed by atoms with van der Waals surface area (Å²) in [5, 5.41) is 3.51. The van der Waals surface area contributed by atoms with Gasteiger partial charge < -0.3 is 10.2 Å². The van der Waals surface area contributed by atoms with Gasteiger partial charge in [-0.2, -0.15) is 11.8 Å². The van der Waals surface area contributed by atoms with Crippen LogP contribution in [0.4, 0.5) is 5.69 Å². The number of carbonyl (C=O) groups is 1. The van der Waals surface area contributed by atoms with E-state index in [0.29, 0.717) is 6.04 Å². The van der Waals surface area contributed by atoms with Crippen molar-refractivity contribution in [3.05, 3.63) is 29.8 Å². The summed E-state index contributed by atoms with van der Waals surface area (Å²) in [5.41, 5.74) is 2.39. The predicted molar refractivity (Wildman–Crippen MR) is 85.4 cm³/mol. The maximum Gasteiger partial charge on any atom is 0.243 e. The van der Waals surface area contributed by atoms with Gasteiger partial charge in [0.05, 0.1) is 6.04 Å². The van der Waals surface area contributed by atoms with Gasteiger partial charge in [0.25, 0.3) is 0 Å². The van der Waals surface area contributed by atoms with Crippen molar-refractivity contribution in [3.8, 4) is 0 Å². The van der Waals surface area contributed by atoms with Crippen molar-refractivity contribution in [1.82, 2.24) is 5.32 Å². The number of nitrogens with one attached hydrogen (secondary N) is 1. The number of hydrogen-bond donors (Lipinski definition) is 1. The summed E-state index contributed by atoms with van der Waals surface area (Å²) in [6.45, 7) is 2.83. The van der Waals surface area contributed by atoms with Gasteiger partial charge >= 0.3 is 0 Å². The highest BCUT2D eigenvalue weighted by Gasteiger charge is 2.29. The van der Waals surface area contributed by atoms with E-state index in [1.807, 2.05) is 35.7 Å². The number of rotatable bonds is 3. The minimum absolute atomic E-state index is 0.0927. The van der Waals surface area contributed by atoms with Crippen LogP contribution in [0.2, 0.25) is 0 Å². The Hall–Kier alpha value is -1.00. The van der Waals surface area contributed by atoms with Crippen LogP contribution in [-0.4, -0.2) is 36.0 Å². The van der Waals surface area contributed by atoms with Crippen molar-refractivity contribution >= 4 is 23.4 Å². The molecule has 2 heterocycles. The number of nitrogens with zero attached hydrogens (tertiary/aromatic N) is 1. The van der Waals surface area contributed by atoms with Crippen molar-refractivity contribution in [2.75, 3.05) is 23.0 Å². The third-order valence-corrected chi connectivity index (χ3v) is 5.39. The molecule has 3 rings (SSSR count). The van der Waals surface area contributed by atoms with Crippen LogP contribution in [0.5, 0.6) is 0 Å². The van der Waals surface area contributed by atoms with Gasteiger partial charge in [-0.05, 0) is 43.6 Å². The summed E-state index contributed by atoms with van der Waals surface area (Å²) in [6, 6.07) is 8.64. The number of thioether (sulfide) groups is 1. The average molecular weight is 290 g/mol. The van der Waals surface area contributed by atoms with E-state index in [4.69, 9.17) is 0 Å². The predicted octanol–water partition coefficient (Wildman–Crippen LogP) is 2.45.